The van der Waals surface area contributed by atoms with Gasteiger partial charge in [0.2, 0.25) is 0 Å². The zero-order valence-corrected chi connectivity index (χ0v) is 25.6. The zero-order chi connectivity index (χ0) is 25.5. The highest BCUT2D eigenvalue weighted by molar-refractivity contribution is 6.62. The summed E-state index contributed by atoms with van der Waals surface area (Å²) in [4.78, 5) is 0. The maximum atomic E-state index is 6.26. The van der Waals surface area contributed by atoms with E-state index < -0.39 is 8.80 Å². The molecule has 34 heavy (non-hydrogen) atoms. The topological polar surface area (TPSA) is 27.7 Å². The van der Waals surface area contributed by atoms with E-state index in [0.717, 1.165) is 10.9 Å². The second-order valence-electron chi connectivity index (χ2n) is 10.6. The van der Waals surface area contributed by atoms with Gasteiger partial charge in [0.15, 0.2) is 5.67 Å². The number of hydrogen-bond acceptors (Lipinski definition) is 3. The fraction of sp³-hybridized carbons (Fsp3) is 1.00. The van der Waals surface area contributed by atoms with Crippen LogP contribution in [0.1, 0.15) is 144 Å². The normalized spacial score (nSPS) is 13.5. The number of unbranched alkanes of at least 4 members (excludes halogenated alkanes) is 15. The fourth-order valence-corrected chi connectivity index (χ4v) is 8.93. The average molecular weight is 503 g/mol. The van der Waals surface area contributed by atoms with Gasteiger partial charge in [0.05, 0.1) is 20.6 Å². The summed E-state index contributed by atoms with van der Waals surface area (Å²) in [5, 5.41) is 0. The van der Waals surface area contributed by atoms with E-state index in [9.17, 15) is 0 Å². The van der Waals surface area contributed by atoms with E-state index >= 15 is 0 Å². The first-order valence-corrected chi connectivity index (χ1v) is 17.0. The molecule has 1 atom stereocenters. The summed E-state index contributed by atoms with van der Waals surface area (Å²) >= 11 is 0. The van der Waals surface area contributed by atoms with Crippen LogP contribution in [0.2, 0.25) is 0 Å². The van der Waals surface area contributed by atoms with E-state index in [2.05, 4.69) is 48.7 Å². The lowest BCUT2D eigenvalue weighted by Gasteiger charge is -2.44. The van der Waals surface area contributed by atoms with E-state index in [-0.39, 0.29) is 0 Å². The Kier molecular flexibility index (Phi) is 22.3. The smallest absolute Gasteiger partial charge is 0.370 e. The van der Waals surface area contributed by atoms with Gasteiger partial charge >= 0.3 is 8.80 Å². The molecule has 0 bridgehead atoms. The van der Waals surface area contributed by atoms with Gasteiger partial charge in [-0.1, -0.05) is 104 Å². The number of rotatable bonds is 26. The quantitative estimate of drug-likeness (QED) is 0.0672. The summed E-state index contributed by atoms with van der Waals surface area (Å²) in [7, 11) is 1.99. The van der Waals surface area contributed by atoms with Crippen LogP contribution in [0.15, 0.2) is 0 Å². The standard InChI is InChI=1S/C29H64NO3Si/c1-8-13-14-15-16-17-18-19-20-21-22-23-24-25-26-27-28-30(6,7)29(9-2)34(31-10-3,32-11-4)33-12-5/h29H,8-28H2,1-7H3/q+1. The van der Waals surface area contributed by atoms with Crippen LogP contribution >= 0.6 is 0 Å². The van der Waals surface area contributed by atoms with Gasteiger partial charge in [-0.15, -0.1) is 0 Å². The molecule has 0 aliphatic rings. The van der Waals surface area contributed by atoms with Crippen molar-refractivity contribution < 1.29 is 17.8 Å². The first-order valence-electron chi connectivity index (χ1n) is 15.2. The van der Waals surface area contributed by atoms with Gasteiger partial charge in [-0.2, -0.15) is 0 Å². The van der Waals surface area contributed by atoms with Crippen LogP contribution in [0.5, 0.6) is 0 Å². The van der Waals surface area contributed by atoms with Crippen LogP contribution in [0, 0.1) is 0 Å². The minimum absolute atomic E-state index is 0.295. The van der Waals surface area contributed by atoms with Gasteiger partial charge in [-0.05, 0) is 33.6 Å². The Balaban J connectivity index is 4.03. The third-order valence-electron chi connectivity index (χ3n) is 7.26. The molecule has 0 aromatic rings. The van der Waals surface area contributed by atoms with Gasteiger partial charge in [-0.25, -0.2) is 0 Å². The third-order valence-corrected chi connectivity index (χ3v) is 11.3. The molecule has 4 nitrogen and oxygen atoms in total. The first kappa shape index (κ1) is 34.1. The Bertz CT molecular complexity index is 417. The molecule has 0 amide bonds. The molecule has 0 saturated heterocycles. The minimum Gasteiger partial charge on any atom is -0.370 e. The predicted octanol–water partition coefficient (Wildman–Crippen LogP) is 8.69. The lowest BCUT2D eigenvalue weighted by molar-refractivity contribution is -0.906. The molecule has 0 saturated carbocycles. The van der Waals surface area contributed by atoms with E-state index in [4.69, 9.17) is 13.3 Å². The molecule has 0 fully saturated rings. The summed E-state index contributed by atoms with van der Waals surface area (Å²) in [5.74, 6) is 0. The molecule has 5 heteroatoms. The molecule has 0 aromatic heterocycles. The van der Waals surface area contributed by atoms with E-state index in [0.29, 0.717) is 25.5 Å². The van der Waals surface area contributed by atoms with Gasteiger partial charge in [-0.3, -0.25) is 0 Å². The van der Waals surface area contributed by atoms with Crippen molar-refractivity contribution in [1.29, 1.82) is 0 Å². The number of hydrogen-bond donors (Lipinski definition) is 0. The molecular formula is C29H64NO3Si+. The van der Waals surface area contributed by atoms with Crippen LogP contribution in [0.25, 0.3) is 0 Å². The molecule has 206 valence electrons. The fourth-order valence-electron chi connectivity index (χ4n) is 5.41. The van der Waals surface area contributed by atoms with Crippen LogP contribution in [-0.2, 0) is 13.3 Å². The molecule has 0 rings (SSSR count). The van der Waals surface area contributed by atoms with Crippen molar-refractivity contribution in [2.24, 2.45) is 0 Å². The Morgan fingerprint density at radius 1 is 0.500 bits per heavy atom. The van der Waals surface area contributed by atoms with Gasteiger partial charge in [0.25, 0.3) is 0 Å². The summed E-state index contributed by atoms with van der Waals surface area (Å²) in [6.07, 6.45) is 23.7. The monoisotopic (exact) mass is 502 g/mol. The number of quaternary nitrogens is 1. The van der Waals surface area contributed by atoms with Crippen LogP contribution in [0.4, 0.5) is 0 Å². The van der Waals surface area contributed by atoms with E-state index in [1.165, 1.54) is 109 Å². The second kappa shape index (κ2) is 22.3. The Labute approximate surface area is 216 Å². The summed E-state index contributed by atoms with van der Waals surface area (Å²) in [6.45, 7) is 13.9. The molecule has 0 radical (unpaired) electrons. The molecule has 0 aromatic carbocycles. The van der Waals surface area contributed by atoms with Crippen molar-refractivity contribution in [2.45, 2.75) is 149 Å². The summed E-state index contributed by atoms with van der Waals surface area (Å²) in [6, 6.07) is 0. The maximum absolute atomic E-state index is 6.26. The predicted molar refractivity (Wildman–Crippen MR) is 151 cm³/mol. The van der Waals surface area contributed by atoms with Gasteiger partial charge < -0.3 is 17.8 Å². The SMILES string of the molecule is CCCCCCCCCCCCCCCCCC[N+](C)(C)C(CC)[Si](OCC)(OCC)OCC. The van der Waals surface area contributed by atoms with Crippen LogP contribution < -0.4 is 0 Å². The van der Waals surface area contributed by atoms with Crippen molar-refractivity contribution in [1.82, 2.24) is 0 Å². The average Bonchev–Trinajstić information content (AvgIpc) is 2.79. The van der Waals surface area contributed by atoms with Crippen molar-refractivity contribution >= 4 is 8.80 Å². The molecule has 0 aliphatic heterocycles. The second-order valence-corrected chi connectivity index (χ2v) is 13.4. The largest absolute Gasteiger partial charge is 0.562 e. The lowest BCUT2D eigenvalue weighted by Crippen LogP contribution is -2.68. The molecular weight excluding hydrogens is 438 g/mol. The molecule has 0 N–H and O–H groups in total. The highest BCUT2D eigenvalue weighted by Gasteiger charge is 2.56. The molecule has 0 spiro atoms. The first-order chi connectivity index (χ1) is 16.4. The van der Waals surface area contributed by atoms with Crippen LogP contribution in [-0.4, -0.2) is 59.4 Å². The lowest BCUT2D eigenvalue weighted by atomic mass is 10.0. The molecule has 0 aliphatic carbocycles. The molecule has 1 unspecified atom stereocenters. The Hall–Kier alpha value is 0.0569. The zero-order valence-electron chi connectivity index (χ0n) is 24.6. The van der Waals surface area contributed by atoms with Crippen LogP contribution in [0.3, 0.4) is 0 Å². The van der Waals surface area contributed by atoms with Gasteiger partial charge in [0.1, 0.15) is 0 Å². The van der Waals surface area contributed by atoms with Crippen molar-refractivity contribution in [2.75, 3.05) is 40.5 Å². The van der Waals surface area contributed by atoms with Crippen molar-refractivity contribution in [3.63, 3.8) is 0 Å². The van der Waals surface area contributed by atoms with E-state index in [1.807, 2.05) is 0 Å². The Morgan fingerprint density at radius 2 is 0.824 bits per heavy atom. The molecule has 0 heterocycles. The highest BCUT2D eigenvalue weighted by atomic mass is 28.4. The Morgan fingerprint density at radius 3 is 1.12 bits per heavy atom. The summed E-state index contributed by atoms with van der Waals surface area (Å²) < 4.78 is 19.7. The van der Waals surface area contributed by atoms with Crippen molar-refractivity contribution in [3.8, 4) is 0 Å². The number of nitrogens with zero attached hydrogens (tertiary/aromatic N) is 1. The minimum atomic E-state index is -2.70. The van der Waals surface area contributed by atoms with Crippen molar-refractivity contribution in [3.05, 3.63) is 0 Å². The highest BCUT2D eigenvalue weighted by Crippen LogP contribution is 2.27. The van der Waals surface area contributed by atoms with E-state index in [1.54, 1.807) is 0 Å². The summed E-state index contributed by atoms with van der Waals surface area (Å²) in [5.41, 5.74) is 0.295. The maximum Gasteiger partial charge on any atom is 0.562 e. The third kappa shape index (κ3) is 15.2. The van der Waals surface area contributed by atoms with Gasteiger partial charge in [0, 0.05) is 26.2 Å².